The predicted octanol–water partition coefficient (Wildman–Crippen LogP) is 4.03. The summed E-state index contributed by atoms with van der Waals surface area (Å²) in [5.74, 6) is 1.76. The molecule has 7 heteroatoms. The van der Waals surface area contributed by atoms with E-state index in [1.807, 2.05) is 26.0 Å². The van der Waals surface area contributed by atoms with Crippen LogP contribution in [0.3, 0.4) is 0 Å². The van der Waals surface area contributed by atoms with Crippen molar-refractivity contribution in [2.24, 2.45) is 5.92 Å². The maximum absolute atomic E-state index is 9.28. The van der Waals surface area contributed by atoms with Crippen molar-refractivity contribution >= 4 is 39.0 Å². The van der Waals surface area contributed by atoms with Gasteiger partial charge in [-0.3, -0.25) is 0 Å². The molecule has 0 spiro atoms. The fourth-order valence-electron chi connectivity index (χ4n) is 2.39. The highest BCUT2D eigenvalue weighted by atomic mass is 35.5. The van der Waals surface area contributed by atoms with Crippen molar-refractivity contribution in [3.05, 3.63) is 39.9 Å². The summed E-state index contributed by atoms with van der Waals surface area (Å²) in [7, 11) is 0. The molecule has 0 saturated carbocycles. The van der Waals surface area contributed by atoms with E-state index in [-0.39, 0.29) is 17.8 Å². The molecular weight excluding hydrogens is 334 g/mol. The lowest BCUT2D eigenvalue weighted by molar-refractivity contribution is 0.237. The van der Waals surface area contributed by atoms with Crippen molar-refractivity contribution in [3.63, 3.8) is 0 Å². The van der Waals surface area contributed by atoms with E-state index >= 15 is 0 Å². The minimum absolute atomic E-state index is 0.170. The molecule has 3 aromatic heterocycles. The topological polar surface area (TPSA) is 71.2 Å². The van der Waals surface area contributed by atoms with Gasteiger partial charge >= 0.3 is 0 Å². The minimum Gasteiger partial charge on any atom is -0.467 e. The van der Waals surface area contributed by atoms with Gasteiger partial charge in [-0.25, -0.2) is 4.98 Å². The Morgan fingerprint density at radius 2 is 2.26 bits per heavy atom. The van der Waals surface area contributed by atoms with Crippen LogP contribution in [0.1, 0.15) is 23.1 Å². The Labute approximate surface area is 143 Å². The number of anilines is 1. The van der Waals surface area contributed by atoms with Crippen LogP contribution in [0.5, 0.6) is 0 Å². The van der Waals surface area contributed by atoms with Gasteiger partial charge in [0.15, 0.2) is 0 Å². The lowest BCUT2D eigenvalue weighted by Crippen LogP contribution is -2.03. The number of aliphatic hydroxyl groups excluding tert-OH is 1. The van der Waals surface area contributed by atoms with Gasteiger partial charge in [-0.2, -0.15) is 4.98 Å². The molecule has 1 unspecified atom stereocenters. The fourth-order valence-corrected chi connectivity index (χ4v) is 3.93. The lowest BCUT2D eigenvalue weighted by Gasteiger charge is -2.05. The molecule has 0 amide bonds. The second-order valence-electron chi connectivity index (χ2n) is 5.59. The number of rotatable bonds is 6. The predicted molar refractivity (Wildman–Crippen MR) is 93.2 cm³/mol. The zero-order chi connectivity index (χ0) is 16.4. The van der Waals surface area contributed by atoms with Gasteiger partial charge in [-0.05, 0) is 48.6 Å². The first-order valence-corrected chi connectivity index (χ1v) is 8.60. The number of aryl methyl sites for hydroxylation is 1. The second-order valence-corrected chi connectivity index (χ2v) is 7.04. The summed E-state index contributed by atoms with van der Waals surface area (Å²) in [5.41, 5.74) is 1.98. The van der Waals surface area contributed by atoms with E-state index in [0.29, 0.717) is 12.4 Å². The number of fused-ring (bicyclic) bond motifs is 1. The molecule has 3 aromatic rings. The van der Waals surface area contributed by atoms with E-state index in [9.17, 15) is 5.11 Å². The third-order valence-corrected chi connectivity index (χ3v) is 5.17. The van der Waals surface area contributed by atoms with Gasteiger partial charge in [0.1, 0.15) is 11.6 Å². The molecule has 0 fully saturated rings. The van der Waals surface area contributed by atoms with Gasteiger partial charge < -0.3 is 14.8 Å². The summed E-state index contributed by atoms with van der Waals surface area (Å²) in [6, 6.07) is 3.75. The van der Waals surface area contributed by atoms with Gasteiger partial charge in [0.2, 0.25) is 5.28 Å². The van der Waals surface area contributed by atoms with Crippen molar-refractivity contribution < 1.29 is 9.52 Å². The zero-order valence-corrected chi connectivity index (χ0v) is 14.5. The number of halogens is 1. The first-order chi connectivity index (χ1) is 11.1. The van der Waals surface area contributed by atoms with Crippen molar-refractivity contribution in [3.8, 4) is 0 Å². The molecule has 3 rings (SSSR count). The van der Waals surface area contributed by atoms with Crippen molar-refractivity contribution in [2.75, 3.05) is 11.9 Å². The molecule has 122 valence electrons. The number of nitrogens with one attached hydrogen (secondary N) is 1. The third-order valence-electron chi connectivity index (χ3n) is 3.69. The van der Waals surface area contributed by atoms with Crippen LogP contribution in [0, 0.1) is 12.8 Å². The number of aromatic nitrogens is 2. The first kappa shape index (κ1) is 16.2. The Morgan fingerprint density at radius 3 is 2.96 bits per heavy atom. The highest BCUT2D eigenvalue weighted by molar-refractivity contribution is 7.19. The number of hydrogen-bond donors (Lipinski definition) is 2. The van der Waals surface area contributed by atoms with Gasteiger partial charge in [0.05, 0.1) is 23.0 Å². The molecular formula is C16H18ClN3O2S. The maximum Gasteiger partial charge on any atom is 0.224 e. The molecule has 0 aliphatic heterocycles. The van der Waals surface area contributed by atoms with E-state index in [1.165, 1.54) is 4.88 Å². The van der Waals surface area contributed by atoms with Crippen LogP contribution >= 0.6 is 22.9 Å². The summed E-state index contributed by atoms with van der Waals surface area (Å²) in [5, 5.41) is 12.8. The zero-order valence-electron chi connectivity index (χ0n) is 13.0. The smallest absolute Gasteiger partial charge is 0.224 e. The molecule has 0 bridgehead atoms. The highest BCUT2D eigenvalue weighted by Gasteiger charge is 2.17. The SMILES string of the molecule is Cc1c(CC(C)CO)sc2c(NCc3ccco3)nc(Cl)nc12. The lowest BCUT2D eigenvalue weighted by atomic mass is 10.1. The molecule has 0 aliphatic rings. The summed E-state index contributed by atoms with van der Waals surface area (Å²) >= 11 is 7.73. The van der Waals surface area contributed by atoms with Crippen molar-refractivity contribution in [2.45, 2.75) is 26.8 Å². The van der Waals surface area contributed by atoms with Crippen LogP contribution in [0.25, 0.3) is 10.2 Å². The number of aliphatic hydroxyl groups is 1. The average molecular weight is 352 g/mol. The molecule has 1 atom stereocenters. The number of nitrogens with zero attached hydrogens (tertiary/aromatic N) is 2. The Balaban J connectivity index is 1.95. The summed E-state index contributed by atoms with van der Waals surface area (Å²) in [6.45, 7) is 4.77. The van der Waals surface area contributed by atoms with Gasteiger partial charge in [-0.1, -0.05) is 6.92 Å². The van der Waals surface area contributed by atoms with Crippen LogP contribution < -0.4 is 5.32 Å². The van der Waals surface area contributed by atoms with Crippen molar-refractivity contribution in [1.29, 1.82) is 0 Å². The Kier molecular flexibility index (Phi) is 4.84. The summed E-state index contributed by atoms with van der Waals surface area (Å²) in [6.07, 6.45) is 2.46. The quantitative estimate of drug-likeness (QED) is 0.656. The molecule has 2 N–H and O–H groups in total. The third kappa shape index (κ3) is 3.49. The van der Waals surface area contributed by atoms with E-state index in [2.05, 4.69) is 15.3 Å². The first-order valence-electron chi connectivity index (χ1n) is 7.41. The molecule has 0 saturated heterocycles. The van der Waals surface area contributed by atoms with Gasteiger partial charge in [-0.15, -0.1) is 11.3 Å². The van der Waals surface area contributed by atoms with Gasteiger partial charge in [0.25, 0.3) is 0 Å². The molecule has 0 aliphatic carbocycles. The maximum atomic E-state index is 9.28. The fraction of sp³-hybridized carbons (Fsp3) is 0.375. The molecule has 5 nitrogen and oxygen atoms in total. The number of thiophene rings is 1. The molecule has 0 aromatic carbocycles. The van der Waals surface area contributed by atoms with Crippen LogP contribution in [0.4, 0.5) is 5.82 Å². The monoisotopic (exact) mass is 351 g/mol. The van der Waals surface area contributed by atoms with Crippen LogP contribution in [0.2, 0.25) is 5.28 Å². The second kappa shape index (κ2) is 6.86. The van der Waals surface area contributed by atoms with E-state index in [1.54, 1.807) is 17.6 Å². The molecule has 0 radical (unpaired) electrons. The Hall–Kier alpha value is -1.63. The molecule has 3 heterocycles. The number of hydrogen-bond acceptors (Lipinski definition) is 6. The summed E-state index contributed by atoms with van der Waals surface area (Å²) < 4.78 is 6.32. The normalized spacial score (nSPS) is 12.7. The highest BCUT2D eigenvalue weighted by Crippen LogP contribution is 2.36. The van der Waals surface area contributed by atoms with Crippen LogP contribution in [-0.2, 0) is 13.0 Å². The van der Waals surface area contributed by atoms with E-state index in [4.69, 9.17) is 16.0 Å². The van der Waals surface area contributed by atoms with Gasteiger partial charge in [0, 0.05) is 11.5 Å². The molecule has 23 heavy (non-hydrogen) atoms. The Morgan fingerprint density at radius 1 is 1.43 bits per heavy atom. The summed E-state index contributed by atoms with van der Waals surface area (Å²) in [4.78, 5) is 9.90. The standard InChI is InChI=1S/C16H18ClN3O2S/c1-9(8-21)6-12-10(2)13-14(23-12)15(20-16(17)19-13)18-7-11-4-3-5-22-11/h3-5,9,21H,6-8H2,1-2H3,(H,18,19,20). The average Bonchev–Trinajstić information content (AvgIpc) is 3.15. The van der Waals surface area contributed by atoms with Crippen LogP contribution in [0.15, 0.2) is 22.8 Å². The van der Waals surface area contributed by atoms with Crippen LogP contribution in [-0.4, -0.2) is 21.7 Å². The Bertz CT molecular complexity index is 801. The minimum atomic E-state index is 0.170. The largest absolute Gasteiger partial charge is 0.467 e. The van der Waals surface area contributed by atoms with E-state index < -0.39 is 0 Å². The van der Waals surface area contributed by atoms with Crippen molar-refractivity contribution in [1.82, 2.24) is 9.97 Å². The number of furan rings is 1. The van der Waals surface area contributed by atoms with E-state index in [0.717, 1.165) is 28.0 Å².